The molecular formula is C9H7ClF3NO. The van der Waals surface area contributed by atoms with Gasteiger partial charge in [-0.05, 0) is 42.3 Å². The number of halogens is 4. The molecule has 1 N–H and O–H groups in total. The van der Waals surface area contributed by atoms with Crippen LogP contribution in [-0.2, 0) is 6.18 Å². The molecule has 2 nitrogen and oxygen atoms in total. The minimum atomic E-state index is -4.38. The number of carbonyl (C=O) groups is 1. The Morgan fingerprint density at radius 1 is 1.40 bits per heavy atom. The normalized spacial score (nSPS) is 11.3. The number of aryl methyl sites for hydroxylation is 1. The molecule has 15 heavy (non-hydrogen) atoms. The maximum Gasteiger partial charge on any atom is 0.416 e. The molecule has 0 unspecified atom stereocenters. The number of carbonyl (C=O) groups excluding carboxylic acids is 1. The molecule has 1 amide bonds. The van der Waals surface area contributed by atoms with Crippen LogP contribution in [0.5, 0.6) is 0 Å². The molecule has 0 saturated heterocycles. The third-order valence-electron chi connectivity index (χ3n) is 1.79. The zero-order valence-corrected chi connectivity index (χ0v) is 8.41. The van der Waals surface area contributed by atoms with Crippen molar-refractivity contribution in [2.75, 3.05) is 5.32 Å². The Balaban J connectivity index is 3.03. The van der Waals surface area contributed by atoms with Gasteiger partial charge in [-0.1, -0.05) is 0 Å². The average Bonchev–Trinajstić information content (AvgIpc) is 2.05. The number of nitrogens with one attached hydrogen (secondary N) is 1. The van der Waals surface area contributed by atoms with Gasteiger partial charge in [-0.2, -0.15) is 13.2 Å². The van der Waals surface area contributed by atoms with Crippen molar-refractivity contribution in [3.05, 3.63) is 29.3 Å². The van der Waals surface area contributed by atoms with Crippen molar-refractivity contribution < 1.29 is 18.0 Å². The smallest absolute Gasteiger partial charge is 0.312 e. The Bertz CT molecular complexity index is 389. The first-order valence-electron chi connectivity index (χ1n) is 3.95. The van der Waals surface area contributed by atoms with Crippen molar-refractivity contribution in [1.29, 1.82) is 0 Å². The van der Waals surface area contributed by atoms with Crippen molar-refractivity contribution in [3.8, 4) is 0 Å². The highest BCUT2D eigenvalue weighted by atomic mass is 35.5. The Kier molecular flexibility index (Phi) is 3.24. The quantitative estimate of drug-likeness (QED) is 0.584. The minimum Gasteiger partial charge on any atom is -0.312 e. The Morgan fingerprint density at radius 3 is 2.40 bits per heavy atom. The SMILES string of the molecule is Cc1cc(C(F)(F)F)ccc1NC(=O)Cl. The van der Waals surface area contributed by atoms with Crippen LogP contribution >= 0.6 is 11.6 Å². The van der Waals surface area contributed by atoms with Crippen LogP contribution in [0.15, 0.2) is 18.2 Å². The van der Waals surface area contributed by atoms with Gasteiger partial charge in [0, 0.05) is 5.69 Å². The van der Waals surface area contributed by atoms with E-state index in [0.717, 1.165) is 12.1 Å². The van der Waals surface area contributed by atoms with Gasteiger partial charge in [-0.25, -0.2) is 0 Å². The number of hydrogen-bond donors (Lipinski definition) is 1. The van der Waals surface area contributed by atoms with Gasteiger partial charge in [0.1, 0.15) is 0 Å². The summed E-state index contributed by atoms with van der Waals surface area (Å²) in [5.74, 6) is 0. The van der Waals surface area contributed by atoms with Crippen LogP contribution in [-0.4, -0.2) is 5.37 Å². The second-order valence-corrected chi connectivity index (χ2v) is 3.27. The zero-order valence-electron chi connectivity index (χ0n) is 7.65. The summed E-state index contributed by atoms with van der Waals surface area (Å²) in [6, 6.07) is 3.00. The lowest BCUT2D eigenvalue weighted by molar-refractivity contribution is -0.137. The van der Waals surface area contributed by atoms with Gasteiger partial charge >= 0.3 is 11.5 Å². The van der Waals surface area contributed by atoms with Crippen molar-refractivity contribution in [2.24, 2.45) is 0 Å². The molecule has 1 aromatic carbocycles. The highest BCUT2D eigenvalue weighted by molar-refractivity contribution is 6.65. The second-order valence-electron chi connectivity index (χ2n) is 2.93. The van der Waals surface area contributed by atoms with Crippen molar-refractivity contribution in [3.63, 3.8) is 0 Å². The van der Waals surface area contributed by atoms with Gasteiger partial charge in [0.05, 0.1) is 5.56 Å². The lowest BCUT2D eigenvalue weighted by Gasteiger charge is -2.10. The van der Waals surface area contributed by atoms with Gasteiger partial charge in [-0.3, -0.25) is 4.79 Å². The number of benzene rings is 1. The van der Waals surface area contributed by atoms with E-state index in [0.29, 0.717) is 5.56 Å². The molecule has 0 radical (unpaired) electrons. The van der Waals surface area contributed by atoms with E-state index in [-0.39, 0.29) is 5.69 Å². The van der Waals surface area contributed by atoms with E-state index in [1.165, 1.54) is 13.0 Å². The topological polar surface area (TPSA) is 29.1 Å². The Hall–Kier alpha value is -1.23. The van der Waals surface area contributed by atoms with Gasteiger partial charge in [0.2, 0.25) is 0 Å². The molecule has 0 heterocycles. The summed E-state index contributed by atoms with van der Waals surface area (Å²) in [7, 11) is 0. The standard InChI is InChI=1S/C9H7ClF3NO/c1-5-4-6(9(11,12)13)2-3-7(5)14-8(10)15/h2-4H,1H3,(H,14,15). The molecule has 0 aromatic heterocycles. The monoisotopic (exact) mass is 237 g/mol. The fourth-order valence-electron chi connectivity index (χ4n) is 1.09. The first-order chi connectivity index (χ1) is 6.80. The maximum absolute atomic E-state index is 12.2. The number of anilines is 1. The zero-order chi connectivity index (χ0) is 11.6. The number of amides is 1. The fraction of sp³-hybridized carbons (Fsp3) is 0.222. The molecule has 1 rings (SSSR count). The lowest BCUT2D eigenvalue weighted by atomic mass is 10.1. The molecule has 0 aliphatic heterocycles. The van der Waals surface area contributed by atoms with E-state index in [9.17, 15) is 18.0 Å². The van der Waals surface area contributed by atoms with Crippen LogP contribution in [0.4, 0.5) is 23.7 Å². The number of rotatable bonds is 1. The van der Waals surface area contributed by atoms with Crippen LogP contribution in [0.2, 0.25) is 0 Å². The van der Waals surface area contributed by atoms with E-state index in [1.54, 1.807) is 0 Å². The third-order valence-corrected chi connectivity index (χ3v) is 1.88. The summed E-state index contributed by atoms with van der Waals surface area (Å²) in [4.78, 5) is 10.5. The first kappa shape index (κ1) is 11.8. The maximum atomic E-state index is 12.2. The number of hydrogen-bond acceptors (Lipinski definition) is 1. The molecule has 6 heteroatoms. The third kappa shape index (κ3) is 3.13. The molecule has 0 saturated carbocycles. The Morgan fingerprint density at radius 2 is 2.00 bits per heavy atom. The summed E-state index contributed by atoms with van der Waals surface area (Å²) >= 11 is 5.04. The van der Waals surface area contributed by atoms with Gasteiger partial charge in [-0.15, -0.1) is 0 Å². The average molecular weight is 238 g/mol. The highest BCUT2D eigenvalue weighted by Gasteiger charge is 2.30. The summed E-state index contributed by atoms with van der Waals surface area (Å²) in [6.45, 7) is 1.46. The number of alkyl halides is 3. The van der Waals surface area contributed by atoms with Crippen LogP contribution in [0.1, 0.15) is 11.1 Å². The second kappa shape index (κ2) is 4.10. The largest absolute Gasteiger partial charge is 0.416 e. The van der Waals surface area contributed by atoms with E-state index < -0.39 is 17.1 Å². The Labute approximate surface area is 89.0 Å². The predicted octanol–water partition coefficient (Wildman–Crippen LogP) is 3.78. The molecule has 1 aromatic rings. The van der Waals surface area contributed by atoms with Crippen LogP contribution in [0.3, 0.4) is 0 Å². The molecule has 0 aliphatic carbocycles. The van der Waals surface area contributed by atoms with E-state index in [1.807, 2.05) is 0 Å². The van der Waals surface area contributed by atoms with Crippen molar-refractivity contribution >= 4 is 22.7 Å². The lowest BCUT2D eigenvalue weighted by Crippen LogP contribution is -2.07. The van der Waals surface area contributed by atoms with E-state index in [2.05, 4.69) is 5.32 Å². The molecule has 0 fully saturated rings. The van der Waals surface area contributed by atoms with E-state index >= 15 is 0 Å². The predicted molar refractivity (Wildman–Crippen MR) is 51.1 cm³/mol. The van der Waals surface area contributed by atoms with Crippen molar-refractivity contribution in [1.82, 2.24) is 0 Å². The summed E-state index contributed by atoms with van der Waals surface area (Å²) in [5.41, 5.74) is -0.186. The van der Waals surface area contributed by atoms with Crippen LogP contribution < -0.4 is 5.32 Å². The fourth-order valence-corrected chi connectivity index (χ4v) is 1.19. The molecular weight excluding hydrogens is 231 g/mol. The summed E-state index contributed by atoms with van der Waals surface area (Å²) in [6.07, 6.45) is -4.38. The highest BCUT2D eigenvalue weighted by Crippen LogP contribution is 2.31. The van der Waals surface area contributed by atoms with Crippen LogP contribution in [0.25, 0.3) is 0 Å². The summed E-state index contributed by atoms with van der Waals surface area (Å²) in [5, 5.41) is 1.38. The molecule has 0 bridgehead atoms. The van der Waals surface area contributed by atoms with Gasteiger partial charge < -0.3 is 5.32 Å². The van der Waals surface area contributed by atoms with Crippen LogP contribution in [0, 0.1) is 6.92 Å². The van der Waals surface area contributed by atoms with E-state index in [4.69, 9.17) is 11.6 Å². The molecule has 82 valence electrons. The molecule has 0 spiro atoms. The van der Waals surface area contributed by atoms with Gasteiger partial charge in [0.15, 0.2) is 0 Å². The van der Waals surface area contributed by atoms with Gasteiger partial charge in [0.25, 0.3) is 0 Å². The minimum absolute atomic E-state index is 0.267. The summed E-state index contributed by atoms with van der Waals surface area (Å²) < 4.78 is 36.7. The first-order valence-corrected chi connectivity index (χ1v) is 4.33. The molecule has 0 aliphatic rings. The molecule has 0 atom stereocenters. The van der Waals surface area contributed by atoms with Crippen molar-refractivity contribution in [2.45, 2.75) is 13.1 Å².